The Balaban J connectivity index is 1.49. The van der Waals surface area contributed by atoms with E-state index in [-0.39, 0.29) is 22.7 Å². The second kappa shape index (κ2) is 13.4. The minimum atomic E-state index is -0.473. The number of nitrogens with one attached hydrogen (secondary N) is 3. The van der Waals surface area contributed by atoms with Gasteiger partial charge < -0.3 is 25.1 Å². The van der Waals surface area contributed by atoms with Crippen molar-refractivity contribution in [1.82, 2.24) is 14.5 Å². The molecule has 0 fully saturated rings. The molecule has 4 aromatic rings. The summed E-state index contributed by atoms with van der Waals surface area (Å²) in [4.78, 5) is 34.9. The van der Waals surface area contributed by atoms with Crippen LogP contribution < -0.4 is 15.5 Å². The number of benzene rings is 2. The third-order valence-corrected chi connectivity index (χ3v) is 7.70. The summed E-state index contributed by atoms with van der Waals surface area (Å²) in [5, 5.41) is 5.67. The number of nitrogens with zero attached hydrogens (tertiary/aromatic N) is 3. The molecule has 8 nitrogen and oxygen atoms in total. The fourth-order valence-electron chi connectivity index (χ4n) is 4.30. The lowest BCUT2D eigenvalue weighted by atomic mass is 10.1. The summed E-state index contributed by atoms with van der Waals surface area (Å²) in [6.45, 7) is 0.917. The zero-order valence-corrected chi connectivity index (χ0v) is 24.9. The van der Waals surface area contributed by atoms with Crippen LogP contribution >= 0.6 is 23.2 Å². The standard InChI is InChI=1S/C28H31Cl2FN6O2S/c1-36-25-6-4-18(28(39)34-19-5-7-24(21(31)15-19)37(11-9-29)12-10-30)14-22(25)35-27(36)23-16-20(17-32-23)33-26(38)8-13-40(2)3/h4-7,14-17H,8-13H2,1-3H3,(H2-,32,33,34,35,38,39)/p+1. The van der Waals surface area contributed by atoms with Gasteiger partial charge in [0.05, 0.1) is 47.0 Å². The zero-order chi connectivity index (χ0) is 28.8. The molecular weight excluding hydrogens is 574 g/mol. The predicted molar refractivity (Wildman–Crippen MR) is 166 cm³/mol. The molecule has 2 heterocycles. The third kappa shape index (κ3) is 7.10. The van der Waals surface area contributed by atoms with E-state index in [9.17, 15) is 14.0 Å². The highest BCUT2D eigenvalue weighted by Gasteiger charge is 2.17. The summed E-state index contributed by atoms with van der Waals surface area (Å²) in [6.07, 6.45) is 6.44. The van der Waals surface area contributed by atoms with Gasteiger partial charge in [0.2, 0.25) is 5.91 Å². The summed E-state index contributed by atoms with van der Waals surface area (Å²) >= 11 is 11.7. The van der Waals surface area contributed by atoms with E-state index < -0.39 is 5.82 Å². The third-order valence-electron chi connectivity index (χ3n) is 6.34. The molecule has 12 heteroatoms. The smallest absolute Gasteiger partial charge is 0.255 e. The van der Waals surface area contributed by atoms with Crippen LogP contribution in [-0.4, -0.2) is 69.5 Å². The van der Waals surface area contributed by atoms with Gasteiger partial charge in [0, 0.05) is 49.3 Å². The molecule has 0 bridgehead atoms. The first-order valence-corrected chi connectivity index (χ1v) is 15.9. The van der Waals surface area contributed by atoms with Crippen LogP contribution in [0.15, 0.2) is 48.7 Å². The number of alkyl halides is 2. The number of aryl methyl sites for hydroxylation is 1. The average molecular weight is 607 g/mol. The minimum Gasteiger partial charge on any atom is -0.367 e. The topological polar surface area (TPSA) is 95.0 Å². The number of aromatic amines is 1. The van der Waals surface area contributed by atoms with Crippen LogP contribution in [0.3, 0.4) is 0 Å². The van der Waals surface area contributed by atoms with E-state index in [0.29, 0.717) is 65.2 Å². The van der Waals surface area contributed by atoms with Crippen molar-refractivity contribution in [2.75, 3.05) is 58.6 Å². The Labute approximate surface area is 245 Å². The van der Waals surface area contributed by atoms with E-state index in [4.69, 9.17) is 28.2 Å². The minimum absolute atomic E-state index is 0.0234. The Bertz CT molecular complexity index is 1500. The predicted octanol–water partition coefficient (Wildman–Crippen LogP) is 5.45. The number of hydrogen-bond acceptors (Lipinski definition) is 4. The molecule has 0 unspecified atom stereocenters. The van der Waals surface area contributed by atoms with Gasteiger partial charge in [-0.05, 0) is 53.4 Å². The van der Waals surface area contributed by atoms with E-state index >= 15 is 0 Å². The van der Waals surface area contributed by atoms with Crippen molar-refractivity contribution in [3.05, 3.63) is 60.0 Å². The van der Waals surface area contributed by atoms with Gasteiger partial charge >= 0.3 is 0 Å². The Kier molecular flexibility index (Phi) is 9.99. The first-order chi connectivity index (χ1) is 19.2. The number of fused-ring (bicyclic) bond motifs is 1. The molecule has 2 aromatic carbocycles. The van der Waals surface area contributed by atoms with Gasteiger partial charge in [-0.1, -0.05) is 0 Å². The van der Waals surface area contributed by atoms with Crippen molar-refractivity contribution in [1.29, 1.82) is 0 Å². The van der Waals surface area contributed by atoms with Crippen LogP contribution in [0.1, 0.15) is 16.8 Å². The average Bonchev–Trinajstić information content (AvgIpc) is 3.51. The van der Waals surface area contributed by atoms with Gasteiger partial charge in [-0.15, -0.1) is 23.2 Å². The number of halogens is 3. The van der Waals surface area contributed by atoms with E-state index in [0.717, 1.165) is 17.0 Å². The van der Waals surface area contributed by atoms with Crippen LogP contribution in [0.2, 0.25) is 0 Å². The van der Waals surface area contributed by atoms with Crippen molar-refractivity contribution in [3.63, 3.8) is 0 Å². The van der Waals surface area contributed by atoms with E-state index in [1.165, 1.54) is 6.07 Å². The highest BCUT2D eigenvalue weighted by molar-refractivity contribution is 7.95. The molecular formula is C28H32Cl2FN6O2S+. The fraction of sp³-hybridized carbons (Fsp3) is 0.321. The van der Waals surface area contributed by atoms with E-state index in [1.807, 2.05) is 23.7 Å². The van der Waals surface area contributed by atoms with Crippen LogP contribution in [0.4, 0.5) is 21.5 Å². The number of anilines is 3. The number of H-pyrrole nitrogens is 1. The van der Waals surface area contributed by atoms with Crippen LogP contribution in [0.5, 0.6) is 0 Å². The van der Waals surface area contributed by atoms with Gasteiger partial charge in [0.25, 0.3) is 5.91 Å². The summed E-state index contributed by atoms with van der Waals surface area (Å²) in [5.41, 5.74) is 3.97. The monoisotopic (exact) mass is 605 g/mol. The van der Waals surface area contributed by atoms with Gasteiger partial charge in [-0.3, -0.25) is 9.59 Å². The summed E-state index contributed by atoms with van der Waals surface area (Å²) in [7, 11) is 2.09. The maximum Gasteiger partial charge on any atom is 0.255 e. The van der Waals surface area contributed by atoms with Crippen LogP contribution in [0.25, 0.3) is 22.6 Å². The Morgan fingerprint density at radius 3 is 2.48 bits per heavy atom. The van der Waals surface area contributed by atoms with Crippen molar-refractivity contribution < 1.29 is 14.0 Å². The molecule has 0 spiro atoms. The maximum atomic E-state index is 14.8. The number of hydrogen-bond donors (Lipinski definition) is 3. The van der Waals surface area contributed by atoms with Crippen LogP contribution in [0, 0.1) is 5.82 Å². The molecule has 0 saturated heterocycles. The van der Waals surface area contributed by atoms with Crippen molar-refractivity contribution >= 4 is 74.0 Å². The fourth-order valence-corrected chi connectivity index (χ4v) is 5.30. The molecule has 2 aromatic heterocycles. The lowest BCUT2D eigenvalue weighted by Crippen LogP contribution is -2.28. The quantitative estimate of drug-likeness (QED) is 0.148. The molecule has 40 heavy (non-hydrogen) atoms. The number of carbonyl (C=O) groups excluding carboxylic acids is 2. The van der Waals surface area contributed by atoms with Gasteiger partial charge in [-0.2, -0.15) is 0 Å². The van der Waals surface area contributed by atoms with Crippen molar-refractivity contribution in [2.24, 2.45) is 7.05 Å². The largest absolute Gasteiger partial charge is 0.367 e. The normalized spacial score (nSPS) is 11.3. The van der Waals surface area contributed by atoms with Gasteiger partial charge in [0.1, 0.15) is 11.6 Å². The van der Waals surface area contributed by atoms with Crippen molar-refractivity contribution in [2.45, 2.75) is 6.42 Å². The SMILES string of the molecule is Cn1c(-c2cc(NC(=O)CC[S+](C)C)c[nH]2)nc2cc(C(=O)Nc3ccc(N(CCCl)CCCl)c(F)c3)ccc21. The number of imidazole rings is 1. The Morgan fingerprint density at radius 1 is 1.05 bits per heavy atom. The molecule has 0 saturated carbocycles. The van der Waals surface area contributed by atoms with Crippen molar-refractivity contribution in [3.8, 4) is 11.5 Å². The van der Waals surface area contributed by atoms with Gasteiger partial charge in [0.15, 0.2) is 5.82 Å². The number of amides is 2. The lowest BCUT2D eigenvalue weighted by molar-refractivity contribution is -0.115. The Morgan fingerprint density at radius 2 is 1.80 bits per heavy atom. The number of carbonyl (C=O) groups is 2. The number of rotatable bonds is 12. The first kappa shape index (κ1) is 29.8. The van der Waals surface area contributed by atoms with Crippen LogP contribution in [-0.2, 0) is 22.7 Å². The lowest BCUT2D eigenvalue weighted by Gasteiger charge is -2.23. The summed E-state index contributed by atoms with van der Waals surface area (Å²) in [6, 6.07) is 11.6. The molecule has 212 valence electrons. The molecule has 3 N–H and O–H groups in total. The second-order valence-electron chi connectivity index (χ2n) is 9.47. The van der Waals surface area contributed by atoms with E-state index in [2.05, 4.69) is 28.1 Å². The number of aromatic nitrogens is 3. The molecule has 0 aliphatic rings. The molecule has 0 atom stereocenters. The molecule has 2 amide bonds. The Hall–Kier alpha value is -3.21. The highest BCUT2D eigenvalue weighted by Crippen LogP contribution is 2.27. The molecule has 0 aliphatic carbocycles. The van der Waals surface area contributed by atoms with E-state index in [1.54, 1.807) is 35.4 Å². The highest BCUT2D eigenvalue weighted by atomic mass is 35.5. The zero-order valence-electron chi connectivity index (χ0n) is 22.6. The molecule has 0 aliphatic heterocycles. The second-order valence-corrected chi connectivity index (χ2v) is 12.6. The summed E-state index contributed by atoms with van der Waals surface area (Å²) < 4.78 is 16.8. The summed E-state index contributed by atoms with van der Waals surface area (Å²) in [5.74, 6) is 1.31. The molecule has 0 radical (unpaired) electrons. The molecule has 4 rings (SSSR count). The maximum absolute atomic E-state index is 14.8. The van der Waals surface area contributed by atoms with Gasteiger partial charge in [-0.25, -0.2) is 9.37 Å². The first-order valence-electron chi connectivity index (χ1n) is 12.7.